The van der Waals surface area contributed by atoms with E-state index in [2.05, 4.69) is 6.92 Å². The van der Waals surface area contributed by atoms with Gasteiger partial charge in [-0.3, -0.25) is 9.59 Å². The molecule has 0 radical (unpaired) electrons. The lowest BCUT2D eigenvalue weighted by Crippen LogP contribution is -2.48. The van der Waals surface area contributed by atoms with Crippen molar-refractivity contribution in [2.24, 2.45) is 5.92 Å². The Morgan fingerprint density at radius 3 is 2.18 bits per heavy atom. The van der Waals surface area contributed by atoms with Gasteiger partial charge in [-0.1, -0.05) is 27.2 Å². The Balaban J connectivity index is 2.62. The molecule has 1 aliphatic rings. The second kappa shape index (κ2) is 9.16. The van der Waals surface area contributed by atoms with Gasteiger partial charge in [-0.25, -0.2) is 0 Å². The summed E-state index contributed by atoms with van der Waals surface area (Å²) in [5.74, 6) is 0.603. The number of rotatable bonds is 7. The normalized spacial score (nSPS) is 23.0. The lowest BCUT2D eigenvalue weighted by molar-refractivity contribution is -0.137. The molecule has 2 amide bonds. The zero-order chi connectivity index (χ0) is 16.7. The van der Waals surface area contributed by atoms with Crippen LogP contribution >= 0.6 is 0 Å². The molecular weight excluding hydrogens is 276 g/mol. The van der Waals surface area contributed by atoms with Gasteiger partial charge in [-0.2, -0.15) is 0 Å². The summed E-state index contributed by atoms with van der Waals surface area (Å²) in [4.78, 5) is 28.5. The molecule has 4 nitrogen and oxygen atoms in total. The summed E-state index contributed by atoms with van der Waals surface area (Å²) >= 11 is 0. The average molecular weight is 310 g/mol. The molecule has 0 bridgehead atoms. The molecule has 1 saturated carbocycles. The fourth-order valence-electron chi connectivity index (χ4n) is 3.52. The molecule has 3 atom stereocenters. The number of hydrogen-bond acceptors (Lipinski definition) is 2. The molecule has 1 aliphatic carbocycles. The molecule has 22 heavy (non-hydrogen) atoms. The highest BCUT2D eigenvalue weighted by atomic mass is 16.2. The molecule has 0 spiro atoms. The fraction of sp³-hybridized carbons (Fsp3) is 0.889. The van der Waals surface area contributed by atoms with E-state index in [0.29, 0.717) is 6.42 Å². The van der Waals surface area contributed by atoms with Gasteiger partial charge in [0.1, 0.15) is 0 Å². The van der Waals surface area contributed by atoms with Gasteiger partial charge in [0.25, 0.3) is 0 Å². The molecule has 0 aliphatic heterocycles. The van der Waals surface area contributed by atoms with Gasteiger partial charge >= 0.3 is 0 Å². The van der Waals surface area contributed by atoms with Crippen LogP contribution < -0.4 is 0 Å². The minimum atomic E-state index is 0.106. The molecule has 0 saturated heterocycles. The molecule has 0 aromatic rings. The summed E-state index contributed by atoms with van der Waals surface area (Å²) in [6, 6.07) is 0.567. The molecule has 0 aromatic carbocycles. The summed E-state index contributed by atoms with van der Waals surface area (Å²) in [5, 5.41) is 0. The Labute approximate surface area is 136 Å². The van der Waals surface area contributed by atoms with E-state index in [9.17, 15) is 9.59 Å². The molecule has 0 N–H and O–H groups in total. The second-order valence-corrected chi connectivity index (χ2v) is 6.87. The minimum Gasteiger partial charge on any atom is -0.343 e. The number of hydrogen-bond donors (Lipinski definition) is 0. The first-order valence-corrected chi connectivity index (χ1v) is 8.94. The lowest BCUT2D eigenvalue weighted by atomic mass is 9.88. The van der Waals surface area contributed by atoms with E-state index in [-0.39, 0.29) is 29.8 Å². The Hall–Kier alpha value is -1.06. The first-order valence-electron chi connectivity index (χ1n) is 8.94. The monoisotopic (exact) mass is 310 g/mol. The predicted molar refractivity (Wildman–Crippen MR) is 90.6 cm³/mol. The first kappa shape index (κ1) is 19.0. The third kappa shape index (κ3) is 4.99. The highest BCUT2D eigenvalue weighted by Gasteiger charge is 2.31. The van der Waals surface area contributed by atoms with E-state index in [0.717, 1.165) is 44.9 Å². The third-order valence-electron chi connectivity index (χ3n) is 5.06. The van der Waals surface area contributed by atoms with Crippen LogP contribution in [0, 0.1) is 5.92 Å². The van der Waals surface area contributed by atoms with Crippen molar-refractivity contribution < 1.29 is 9.59 Å². The van der Waals surface area contributed by atoms with Crippen LogP contribution in [0.4, 0.5) is 0 Å². The number of carbonyl (C=O) groups is 2. The maximum absolute atomic E-state index is 12.5. The van der Waals surface area contributed by atoms with Crippen LogP contribution in [-0.2, 0) is 9.59 Å². The van der Waals surface area contributed by atoms with Crippen LogP contribution in [0.15, 0.2) is 0 Å². The van der Waals surface area contributed by atoms with Crippen molar-refractivity contribution in [1.82, 2.24) is 9.80 Å². The third-order valence-corrected chi connectivity index (χ3v) is 5.06. The van der Waals surface area contributed by atoms with Gasteiger partial charge in [-0.15, -0.1) is 0 Å². The summed E-state index contributed by atoms with van der Waals surface area (Å²) in [7, 11) is 3.86. The maximum atomic E-state index is 12.5. The van der Waals surface area contributed by atoms with E-state index < -0.39 is 0 Å². The number of nitrogens with zero attached hydrogens (tertiary/aromatic N) is 2. The zero-order valence-electron chi connectivity index (χ0n) is 15.1. The Bertz CT molecular complexity index is 370. The molecule has 3 unspecified atom stereocenters. The molecular formula is C18H34N2O2. The Kier molecular flexibility index (Phi) is 7.91. The maximum Gasteiger partial charge on any atom is 0.225 e. The number of carbonyl (C=O) groups excluding carboxylic acids is 2. The summed E-state index contributed by atoms with van der Waals surface area (Å²) in [5.41, 5.74) is 0. The largest absolute Gasteiger partial charge is 0.343 e. The molecule has 1 fully saturated rings. The summed E-state index contributed by atoms with van der Waals surface area (Å²) in [6.45, 7) is 6.19. The average Bonchev–Trinajstić information content (AvgIpc) is 2.53. The van der Waals surface area contributed by atoms with E-state index in [1.165, 1.54) is 0 Å². The van der Waals surface area contributed by atoms with Gasteiger partial charge in [-0.05, 0) is 38.5 Å². The highest BCUT2D eigenvalue weighted by molar-refractivity contribution is 5.78. The lowest BCUT2D eigenvalue weighted by Gasteiger charge is -2.40. The van der Waals surface area contributed by atoms with Crippen LogP contribution in [0.3, 0.4) is 0 Å². The van der Waals surface area contributed by atoms with Crippen LogP contribution in [-0.4, -0.2) is 47.8 Å². The Morgan fingerprint density at radius 2 is 1.64 bits per heavy atom. The zero-order valence-corrected chi connectivity index (χ0v) is 15.1. The molecule has 0 aromatic heterocycles. The van der Waals surface area contributed by atoms with Crippen LogP contribution in [0.1, 0.15) is 72.1 Å². The second-order valence-electron chi connectivity index (χ2n) is 6.87. The van der Waals surface area contributed by atoms with Gasteiger partial charge in [0.05, 0.1) is 0 Å². The van der Waals surface area contributed by atoms with Gasteiger partial charge in [0.15, 0.2) is 0 Å². The van der Waals surface area contributed by atoms with E-state index in [1.807, 2.05) is 37.7 Å². The molecule has 128 valence electrons. The summed E-state index contributed by atoms with van der Waals surface area (Å²) < 4.78 is 0. The van der Waals surface area contributed by atoms with Gasteiger partial charge in [0, 0.05) is 38.5 Å². The van der Waals surface area contributed by atoms with Crippen LogP contribution in [0.5, 0.6) is 0 Å². The Morgan fingerprint density at radius 1 is 1.05 bits per heavy atom. The highest BCUT2D eigenvalue weighted by Crippen LogP contribution is 2.27. The van der Waals surface area contributed by atoms with E-state index in [1.54, 1.807) is 0 Å². The van der Waals surface area contributed by atoms with E-state index in [4.69, 9.17) is 0 Å². The quantitative estimate of drug-likeness (QED) is 0.722. The van der Waals surface area contributed by atoms with E-state index >= 15 is 0 Å². The van der Waals surface area contributed by atoms with Crippen molar-refractivity contribution in [2.75, 3.05) is 14.1 Å². The standard InChI is InChI=1S/C18H34N2O2/c1-6-9-14(3)18(22)20(5)16-12-8-11-15(13-16)19(4)17(21)10-7-2/h14-16H,6-13H2,1-5H3. The van der Waals surface area contributed by atoms with Crippen molar-refractivity contribution in [3.8, 4) is 0 Å². The van der Waals surface area contributed by atoms with Crippen molar-refractivity contribution in [1.29, 1.82) is 0 Å². The topological polar surface area (TPSA) is 40.6 Å². The van der Waals surface area contributed by atoms with Crippen LogP contribution in [0.2, 0.25) is 0 Å². The number of amides is 2. The molecule has 4 heteroatoms. The summed E-state index contributed by atoms with van der Waals surface area (Å²) in [6.07, 6.45) is 7.66. The van der Waals surface area contributed by atoms with Crippen LogP contribution in [0.25, 0.3) is 0 Å². The van der Waals surface area contributed by atoms with Crippen molar-refractivity contribution in [3.63, 3.8) is 0 Å². The first-order chi connectivity index (χ1) is 10.4. The van der Waals surface area contributed by atoms with Gasteiger partial charge in [0.2, 0.25) is 11.8 Å². The van der Waals surface area contributed by atoms with Crippen molar-refractivity contribution in [2.45, 2.75) is 84.2 Å². The smallest absolute Gasteiger partial charge is 0.225 e. The van der Waals surface area contributed by atoms with Crippen molar-refractivity contribution >= 4 is 11.8 Å². The predicted octanol–water partition coefficient (Wildman–Crippen LogP) is 3.45. The SMILES string of the molecule is CCCC(=O)N(C)C1CCCC(N(C)C(=O)C(C)CCC)C1. The van der Waals surface area contributed by atoms with Gasteiger partial charge < -0.3 is 9.80 Å². The fourth-order valence-corrected chi connectivity index (χ4v) is 3.52. The molecule has 1 rings (SSSR count). The van der Waals surface area contributed by atoms with Crippen molar-refractivity contribution in [3.05, 3.63) is 0 Å². The molecule has 0 heterocycles. The minimum absolute atomic E-state index is 0.106.